The van der Waals surface area contributed by atoms with E-state index in [0.717, 1.165) is 44.5 Å². The number of hydrogen-bond acceptors (Lipinski definition) is 6. The van der Waals surface area contributed by atoms with E-state index in [2.05, 4.69) is 50.1 Å². The fourth-order valence-corrected chi connectivity index (χ4v) is 3.37. The first-order chi connectivity index (χ1) is 15.2. The molecule has 0 aromatic heterocycles. The van der Waals surface area contributed by atoms with Crippen molar-refractivity contribution in [1.82, 2.24) is 15.5 Å². The van der Waals surface area contributed by atoms with Crippen LogP contribution in [0, 0.1) is 10.1 Å². The standard InChI is InChI=1S/C22H30N6O3/c1-23-22(25-11-10-24-20-6-8-21(9-7-20)28(29)30)26-16-18-4-2-3-5-19(18)17-27-12-14-31-15-13-27/h2-9,24H,10-17H2,1H3,(H2,23,25,26). The third-order valence-corrected chi connectivity index (χ3v) is 5.11. The largest absolute Gasteiger partial charge is 0.383 e. The molecule has 0 aliphatic carbocycles. The minimum Gasteiger partial charge on any atom is -0.383 e. The maximum Gasteiger partial charge on any atom is 0.269 e. The minimum atomic E-state index is -0.403. The Morgan fingerprint density at radius 3 is 2.45 bits per heavy atom. The molecular weight excluding hydrogens is 396 g/mol. The molecule has 9 heteroatoms. The van der Waals surface area contributed by atoms with Gasteiger partial charge in [-0.3, -0.25) is 20.0 Å². The fraction of sp³-hybridized carbons (Fsp3) is 0.409. The molecule has 31 heavy (non-hydrogen) atoms. The van der Waals surface area contributed by atoms with Gasteiger partial charge in [0, 0.05) is 64.1 Å². The fourth-order valence-electron chi connectivity index (χ4n) is 3.37. The lowest BCUT2D eigenvalue weighted by atomic mass is 10.1. The van der Waals surface area contributed by atoms with Crippen LogP contribution in [0.1, 0.15) is 11.1 Å². The molecule has 3 rings (SSSR count). The Hall–Kier alpha value is -3.17. The van der Waals surface area contributed by atoms with Gasteiger partial charge in [-0.2, -0.15) is 0 Å². The number of rotatable bonds is 9. The molecule has 2 aromatic carbocycles. The Balaban J connectivity index is 1.42. The Bertz CT molecular complexity index is 866. The summed E-state index contributed by atoms with van der Waals surface area (Å²) in [7, 11) is 1.75. The van der Waals surface area contributed by atoms with Gasteiger partial charge in [0.15, 0.2) is 5.96 Å². The number of nitrogens with zero attached hydrogens (tertiary/aromatic N) is 3. The summed E-state index contributed by atoms with van der Waals surface area (Å²) in [5, 5.41) is 20.6. The highest BCUT2D eigenvalue weighted by atomic mass is 16.6. The van der Waals surface area contributed by atoms with Crippen LogP contribution in [-0.2, 0) is 17.8 Å². The molecule has 1 saturated heterocycles. The van der Waals surface area contributed by atoms with Crippen molar-refractivity contribution in [3.05, 3.63) is 69.8 Å². The van der Waals surface area contributed by atoms with Gasteiger partial charge < -0.3 is 20.7 Å². The van der Waals surface area contributed by atoms with Crippen molar-refractivity contribution in [1.29, 1.82) is 0 Å². The summed E-state index contributed by atoms with van der Waals surface area (Å²) >= 11 is 0. The zero-order valence-electron chi connectivity index (χ0n) is 17.8. The first-order valence-electron chi connectivity index (χ1n) is 10.5. The van der Waals surface area contributed by atoms with Crippen LogP contribution >= 0.6 is 0 Å². The SMILES string of the molecule is CN=C(NCCNc1ccc([N+](=O)[O-])cc1)NCc1ccccc1CN1CCOCC1. The second kappa shape index (κ2) is 11.9. The summed E-state index contributed by atoms with van der Waals surface area (Å²) in [6.07, 6.45) is 0. The first kappa shape index (κ1) is 22.5. The van der Waals surface area contributed by atoms with Crippen LogP contribution in [0.4, 0.5) is 11.4 Å². The molecule has 1 fully saturated rings. The van der Waals surface area contributed by atoms with E-state index in [4.69, 9.17) is 4.74 Å². The molecule has 0 saturated carbocycles. The van der Waals surface area contributed by atoms with Crippen LogP contribution in [0.3, 0.4) is 0 Å². The highest BCUT2D eigenvalue weighted by Crippen LogP contribution is 2.15. The van der Waals surface area contributed by atoms with Gasteiger partial charge in [0.1, 0.15) is 0 Å². The minimum absolute atomic E-state index is 0.0854. The van der Waals surface area contributed by atoms with E-state index in [1.54, 1.807) is 19.2 Å². The second-order valence-electron chi connectivity index (χ2n) is 7.24. The Morgan fingerprint density at radius 1 is 1.06 bits per heavy atom. The average molecular weight is 427 g/mol. The van der Waals surface area contributed by atoms with Crippen LogP contribution < -0.4 is 16.0 Å². The van der Waals surface area contributed by atoms with Crippen molar-refractivity contribution in [2.45, 2.75) is 13.1 Å². The van der Waals surface area contributed by atoms with Crippen molar-refractivity contribution in [3.8, 4) is 0 Å². The van der Waals surface area contributed by atoms with Crippen molar-refractivity contribution in [2.75, 3.05) is 51.8 Å². The van der Waals surface area contributed by atoms with Gasteiger partial charge in [-0.25, -0.2) is 0 Å². The Morgan fingerprint density at radius 2 is 1.77 bits per heavy atom. The van der Waals surface area contributed by atoms with E-state index < -0.39 is 4.92 Å². The zero-order chi connectivity index (χ0) is 21.9. The van der Waals surface area contributed by atoms with Crippen molar-refractivity contribution in [3.63, 3.8) is 0 Å². The number of nitro benzene ring substituents is 1. The third-order valence-electron chi connectivity index (χ3n) is 5.11. The lowest BCUT2D eigenvalue weighted by Gasteiger charge is -2.27. The Kier molecular flexibility index (Phi) is 8.62. The molecule has 0 spiro atoms. The maximum atomic E-state index is 10.7. The van der Waals surface area contributed by atoms with Crippen LogP contribution in [0.5, 0.6) is 0 Å². The maximum absolute atomic E-state index is 10.7. The van der Waals surface area contributed by atoms with Crippen molar-refractivity contribution >= 4 is 17.3 Å². The third kappa shape index (κ3) is 7.23. The summed E-state index contributed by atoms with van der Waals surface area (Å²) in [5.74, 6) is 0.728. The van der Waals surface area contributed by atoms with E-state index in [0.29, 0.717) is 19.6 Å². The molecule has 1 aliphatic heterocycles. The van der Waals surface area contributed by atoms with E-state index >= 15 is 0 Å². The number of non-ortho nitro benzene ring substituents is 1. The lowest BCUT2D eigenvalue weighted by molar-refractivity contribution is -0.384. The molecule has 2 aromatic rings. The number of ether oxygens (including phenoxy) is 1. The summed E-state index contributed by atoms with van der Waals surface area (Å²) in [4.78, 5) is 17.0. The van der Waals surface area contributed by atoms with Crippen LogP contribution in [-0.4, -0.2) is 62.2 Å². The quantitative estimate of drug-likeness (QED) is 0.186. The molecular formula is C22H30N6O3. The van der Waals surface area contributed by atoms with Gasteiger partial charge in [-0.15, -0.1) is 0 Å². The number of aliphatic imine (C=N–C) groups is 1. The van der Waals surface area contributed by atoms with Gasteiger partial charge >= 0.3 is 0 Å². The molecule has 3 N–H and O–H groups in total. The topological polar surface area (TPSA) is 104 Å². The molecule has 0 amide bonds. The predicted molar refractivity (Wildman–Crippen MR) is 122 cm³/mol. The molecule has 166 valence electrons. The highest BCUT2D eigenvalue weighted by molar-refractivity contribution is 5.79. The summed E-state index contributed by atoms with van der Waals surface area (Å²) < 4.78 is 5.44. The van der Waals surface area contributed by atoms with E-state index in [-0.39, 0.29) is 5.69 Å². The lowest BCUT2D eigenvalue weighted by Crippen LogP contribution is -2.39. The van der Waals surface area contributed by atoms with Crippen LogP contribution in [0.15, 0.2) is 53.5 Å². The molecule has 0 radical (unpaired) electrons. The smallest absolute Gasteiger partial charge is 0.269 e. The average Bonchev–Trinajstić information content (AvgIpc) is 2.80. The van der Waals surface area contributed by atoms with E-state index in [1.165, 1.54) is 23.3 Å². The number of morpholine rings is 1. The van der Waals surface area contributed by atoms with Gasteiger partial charge in [0.05, 0.1) is 18.1 Å². The number of anilines is 1. The molecule has 1 heterocycles. The molecule has 0 atom stereocenters. The number of benzene rings is 2. The van der Waals surface area contributed by atoms with Gasteiger partial charge in [-0.05, 0) is 23.3 Å². The molecule has 0 bridgehead atoms. The monoisotopic (exact) mass is 426 g/mol. The second-order valence-corrected chi connectivity index (χ2v) is 7.24. The predicted octanol–water partition coefficient (Wildman–Crippen LogP) is 2.20. The Labute approximate surface area is 182 Å². The zero-order valence-corrected chi connectivity index (χ0v) is 17.8. The molecule has 1 aliphatic rings. The van der Waals surface area contributed by atoms with Crippen LogP contribution in [0.2, 0.25) is 0 Å². The van der Waals surface area contributed by atoms with E-state index in [9.17, 15) is 10.1 Å². The normalized spacial score (nSPS) is 14.8. The van der Waals surface area contributed by atoms with E-state index in [1.807, 2.05) is 0 Å². The number of nitrogens with one attached hydrogen (secondary N) is 3. The summed E-state index contributed by atoms with van der Waals surface area (Å²) in [6.45, 7) is 6.45. The van der Waals surface area contributed by atoms with Crippen molar-refractivity contribution in [2.24, 2.45) is 4.99 Å². The van der Waals surface area contributed by atoms with Gasteiger partial charge in [0.25, 0.3) is 5.69 Å². The number of nitro groups is 1. The summed E-state index contributed by atoms with van der Waals surface area (Å²) in [6, 6.07) is 14.9. The summed E-state index contributed by atoms with van der Waals surface area (Å²) in [5.41, 5.74) is 3.49. The van der Waals surface area contributed by atoms with Crippen molar-refractivity contribution < 1.29 is 9.66 Å². The molecule has 9 nitrogen and oxygen atoms in total. The van der Waals surface area contributed by atoms with Crippen LogP contribution in [0.25, 0.3) is 0 Å². The highest BCUT2D eigenvalue weighted by Gasteiger charge is 2.12. The molecule has 0 unspecified atom stereocenters. The first-order valence-corrected chi connectivity index (χ1v) is 10.5. The van der Waals surface area contributed by atoms with Gasteiger partial charge in [0.2, 0.25) is 0 Å². The van der Waals surface area contributed by atoms with Gasteiger partial charge in [-0.1, -0.05) is 24.3 Å². The number of hydrogen-bond donors (Lipinski definition) is 3. The number of guanidine groups is 1.